The van der Waals surface area contributed by atoms with E-state index < -0.39 is 0 Å². The molecule has 0 radical (unpaired) electrons. The third kappa shape index (κ3) is 0.833. The summed E-state index contributed by atoms with van der Waals surface area (Å²) >= 11 is 0. The zero-order valence-electron chi connectivity index (χ0n) is 5.37. The molecule has 9 heavy (non-hydrogen) atoms. The lowest BCUT2D eigenvalue weighted by atomic mass is 11.0. The van der Waals surface area contributed by atoms with Crippen molar-refractivity contribution in [1.29, 1.82) is 0 Å². The Morgan fingerprint density at radius 2 is 2.44 bits per heavy atom. The van der Waals surface area contributed by atoms with Gasteiger partial charge in [-0.2, -0.15) is 0 Å². The fourth-order valence-electron chi connectivity index (χ4n) is 0.601. The van der Waals surface area contributed by atoms with Crippen molar-refractivity contribution in [3.8, 4) is 0 Å². The van der Waals surface area contributed by atoms with Gasteiger partial charge < -0.3 is 0 Å². The maximum absolute atomic E-state index is 5.12. The molecule has 0 spiro atoms. The molecule has 0 saturated heterocycles. The quantitative estimate of drug-likeness (QED) is 0.259. The first-order chi connectivity index (χ1) is 4.25. The van der Waals surface area contributed by atoms with Gasteiger partial charge in [0.25, 0.3) is 0 Å². The van der Waals surface area contributed by atoms with Gasteiger partial charge in [0.1, 0.15) is 5.21 Å². The minimum absolute atomic E-state index is 0.662. The Labute approximate surface area is 52.2 Å². The number of nitrogens with zero attached hydrogens (tertiary/aromatic N) is 4. The number of aromatic nitrogens is 4. The van der Waals surface area contributed by atoms with Gasteiger partial charge >= 0.3 is 5.95 Å². The highest BCUT2D eigenvalue weighted by molar-refractivity contribution is 5.10. The summed E-state index contributed by atoms with van der Waals surface area (Å²) in [5.41, 5.74) is 2.44. The number of hydrogen-bond donors (Lipinski definition) is 2. The molecule has 6 heteroatoms. The molecular formula is C3H9N6+. The lowest BCUT2D eigenvalue weighted by Gasteiger charge is -1.88. The van der Waals surface area contributed by atoms with Crippen molar-refractivity contribution in [2.75, 3.05) is 5.43 Å². The average Bonchev–Trinajstić information content (AvgIpc) is 2.12. The average molecular weight is 129 g/mol. The maximum Gasteiger partial charge on any atom is 0.380 e. The van der Waals surface area contributed by atoms with Crippen molar-refractivity contribution >= 4 is 5.95 Å². The van der Waals surface area contributed by atoms with Crippen LogP contribution < -0.4 is 16.0 Å². The van der Waals surface area contributed by atoms with Gasteiger partial charge in [0.05, 0.1) is 19.3 Å². The standard InChI is InChI=1S/C3H8N6/c1-8-3(5-4)9(2)7-6-8/h4H2,1-2H3/p+1. The van der Waals surface area contributed by atoms with E-state index in [0.717, 1.165) is 0 Å². The smallest absolute Gasteiger partial charge is 0.225 e. The molecule has 1 aromatic rings. The summed E-state index contributed by atoms with van der Waals surface area (Å²) in [7, 11) is 3.50. The molecule has 1 rings (SSSR count). The normalized spacial score (nSPS) is 9.67. The van der Waals surface area contributed by atoms with Crippen LogP contribution in [0.15, 0.2) is 0 Å². The number of aryl methyl sites for hydroxylation is 2. The Morgan fingerprint density at radius 3 is 2.67 bits per heavy atom. The molecule has 0 amide bonds. The molecule has 0 aliphatic carbocycles. The van der Waals surface area contributed by atoms with Gasteiger partial charge in [-0.25, -0.2) is 11.3 Å². The summed E-state index contributed by atoms with van der Waals surface area (Å²) in [5.74, 6) is 5.79. The number of anilines is 1. The van der Waals surface area contributed by atoms with Gasteiger partial charge in [-0.3, -0.25) is 0 Å². The Morgan fingerprint density at radius 1 is 1.78 bits per heavy atom. The highest BCUT2D eigenvalue weighted by Crippen LogP contribution is 1.85. The fourth-order valence-corrected chi connectivity index (χ4v) is 0.601. The van der Waals surface area contributed by atoms with Crippen LogP contribution >= 0.6 is 0 Å². The molecule has 0 fully saturated rings. The second-order valence-electron chi connectivity index (χ2n) is 1.69. The predicted molar refractivity (Wildman–Crippen MR) is 30.0 cm³/mol. The molecule has 0 atom stereocenters. The van der Waals surface area contributed by atoms with E-state index in [-0.39, 0.29) is 0 Å². The molecule has 0 bridgehead atoms. The van der Waals surface area contributed by atoms with Crippen molar-refractivity contribution < 1.29 is 4.68 Å². The molecule has 1 heterocycles. The number of nitrogen functional groups attached to an aromatic ring is 1. The Bertz CT molecular complexity index is 183. The van der Waals surface area contributed by atoms with Crippen LogP contribution in [0.2, 0.25) is 0 Å². The molecular weight excluding hydrogens is 120 g/mol. The Kier molecular flexibility index (Phi) is 1.31. The van der Waals surface area contributed by atoms with Gasteiger partial charge in [0, 0.05) is 0 Å². The molecule has 0 saturated carbocycles. The van der Waals surface area contributed by atoms with E-state index in [9.17, 15) is 0 Å². The van der Waals surface area contributed by atoms with Gasteiger partial charge in [-0.1, -0.05) is 4.68 Å². The predicted octanol–water partition coefficient (Wildman–Crippen LogP) is -2.07. The Hall–Kier alpha value is -1.17. The number of hydrazine groups is 1. The second kappa shape index (κ2) is 1.98. The van der Waals surface area contributed by atoms with Gasteiger partial charge in [-0.15, -0.1) is 4.68 Å². The summed E-state index contributed by atoms with van der Waals surface area (Å²) in [6, 6.07) is 0. The first-order valence-corrected chi connectivity index (χ1v) is 2.48. The summed E-state index contributed by atoms with van der Waals surface area (Å²) in [6.07, 6.45) is 0. The van der Waals surface area contributed by atoms with E-state index >= 15 is 0 Å². The van der Waals surface area contributed by atoms with Gasteiger partial charge in [0.15, 0.2) is 0 Å². The summed E-state index contributed by atoms with van der Waals surface area (Å²) in [4.78, 5) is 0. The SMILES string of the molecule is Cn1nn[n+](C)c1NN. The molecule has 0 aliphatic heterocycles. The van der Waals surface area contributed by atoms with Crippen LogP contribution in [0.4, 0.5) is 5.95 Å². The molecule has 0 aliphatic rings. The van der Waals surface area contributed by atoms with Crippen molar-refractivity contribution in [3.63, 3.8) is 0 Å². The van der Waals surface area contributed by atoms with Crippen LogP contribution in [-0.2, 0) is 14.1 Å². The van der Waals surface area contributed by atoms with Crippen molar-refractivity contribution in [2.24, 2.45) is 19.9 Å². The number of hydrogen-bond acceptors (Lipinski definition) is 4. The topological polar surface area (TPSA) is 72.6 Å². The zero-order chi connectivity index (χ0) is 6.85. The van der Waals surface area contributed by atoms with E-state index in [1.54, 1.807) is 23.5 Å². The first-order valence-electron chi connectivity index (χ1n) is 2.48. The third-order valence-electron chi connectivity index (χ3n) is 1.05. The fraction of sp³-hybridized carbons (Fsp3) is 0.667. The van der Waals surface area contributed by atoms with E-state index in [2.05, 4.69) is 15.9 Å². The third-order valence-corrected chi connectivity index (χ3v) is 1.05. The van der Waals surface area contributed by atoms with Crippen LogP contribution in [0, 0.1) is 0 Å². The molecule has 6 nitrogen and oxygen atoms in total. The van der Waals surface area contributed by atoms with E-state index in [1.807, 2.05) is 0 Å². The second-order valence-corrected chi connectivity index (χ2v) is 1.69. The van der Waals surface area contributed by atoms with Crippen molar-refractivity contribution in [3.05, 3.63) is 0 Å². The van der Waals surface area contributed by atoms with Gasteiger partial charge in [0.2, 0.25) is 0 Å². The maximum atomic E-state index is 5.12. The molecule has 3 N–H and O–H groups in total. The highest BCUT2D eigenvalue weighted by atomic mass is 15.6. The Balaban J connectivity index is 3.07. The number of rotatable bonds is 1. The summed E-state index contributed by atoms with van der Waals surface area (Å²) in [6.45, 7) is 0. The van der Waals surface area contributed by atoms with E-state index in [0.29, 0.717) is 5.95 Å². The highest BCUT2D eigenvalue weighted by Gasteiger charge is 2.09. The lowest BCUT2D eigenvalue weighted by Crippen LogP contribution is -2.36. The van der Waals surface area contributed by atoms with Crippen LogP contribution in [0.25, 0.3) is 0 Å². The van der Waals surface area contributed by atoms with Crippen LogP contribution in [0.1, 0.15) is 0 Å². The van der Waals surface area contributed by atoms with Crippen LogP contribution in [0.5, 0.6) is 0 Å². The first kappa shape index (κ1) is 5.96. The molecule has 50 valence electrons. The van der Waals surface area contributed by atoms with Crippen LogP contribution in [-0.4, -0.2) is 15.1 Å². The number of tetrazole rings is 1. The summed E-state index contributed by atoms with van der Waals surface area (Å²) < 4.78 is 3.08. The zero-order valence-corrected chi connectivity index (χ0v) is 5.37. The lowest BCUT2D eigenvalue weighted by molar-refractivity contribution is -0.718. The van der Waals surface area contributed by atoms with Gasteiger partial charge in [-0.05, 0) is 0 Å². The van der Waals surface area contributed by atoms with Crippen molar-refractivity contribution in [2.45, 2.75) is 0 Å². The molecule has 1 aromatic heterocycles. The molecule has 0 aromatic carbocycles. The number of nitrogens with one attached hydrogen (secondary N) is 1. The minimum atomic E-state index is 0.662. The number of nitrogens with two attached hydrogens (primary N) is 1. The monoisotopic (exact) mass is 129 g/mol. The van der Waals surface area contributed by atoms with Crippen LogP contribution in [0.3, 0.4) is 0 Å². The summed E-state index contributed by atoms with van der Waals surface area (Å²) in [5, 5.41) is 7.35. The minimum Gasteiger partial charge on any atom is -0.225 e. The molecule has 0 unspecified atom stereocenters. The van der Waals surface area contributed by atoms with E-state index in [1.165, 1.54) is 0 Å². The largest absolute Gasteiger partial charge is 0.380 e. The van der Waals surface area contributed by atoms with E-state index in [4.69, 9.17) is 5.84 Å². The van der Waals surface area contributed by atoms with Crippen molar-refractivity contribution in [1.82, 2.24) is 15.1 Å².